The maximum atomic E-state index is 12.9. The minimum Gasteiger partial charge on any atom is -0.443 e. The van der Waals surface area contributed by atoms with Crippen LogP contribution in [0.3, 0.4) is 0 Å². The molecular formula is C25H33N3O2S. The van der Waals surface area contributed by atoms with Crippen LogP contribution in [0.25, 0.3) is 21.5 Å². The Balaban J connectivity index is 1.67. The summed E-state index contributed by atoms with van der Waals surface area (Å²) in [4.78, 5) is 22.1. The topological polar surface area (TPSA) is 45.7 Å². The van der Waals surface area contributed by atoms with Gasteiger partial charge in [-0.3, -0.25) is 4.90 Å². The summed E-state index contributed by atoms with van der Waals surface area (Å²) < 4.78 is 6.88. The Kier molecular flexibility index (Phi) is 5.97. The second-order valence-corrected chi connectivity index (χ2v) is 11.0. The van der Waals surface area contributed by atoms with Crippen LogP contribution in [-0.2, 0) is 4.74 Å². The average molecular weight is 440 g/mol. The van der Waals surface area contributed by atoms with E-state index in [1.807, 2.05) is 20.8 Å². The Hall–Kier alpha value is -2.18. The molecule has 1 unspecified atom stereocenters. The molecule has 0 saturated carbocycles. The number of carbonyl (C=O) groups excluding carboxylic acids is 1. The molecule has 0 spiro atoms. The fourth-order valence-electron chi connectivity index (χ4n) is 4.27. The largest absolute Gasteiger partial charge is 0.443 e. The molecule has 0 aliphatic carbocycles. The minimum atomic E-state index is -0.518. The van der Waals surface area contributed by atoms with Gasteiger partial charge in [0.05, 0.1) is 15.9 Å². The number of carbonyl (C=O) groups is 1. The lowest BCUT2D eigenvalue weighted by molar-refractivity contribution is 0.0327. The van der Waals surface area contributed by atoms with Gasteiger partial charge in [0.15, 0.2) is 0 Å². The van der Waals surface area contributed by atoms with Gasteiger partial charge in [0.1, 0.15) is 10.6 Å². The van der Waals surface area contributed by atoms with Gasteiger partial charge >= 0.3 is 6.09 Å². The Morgan fingerprint density at radius 2 is 2.06 bits per heavy atom. The number of hydrogen-bond acceptors (Lipinski definition) is 5. The summed E-state index contributed by atoms with van der Waals surface area (Å²) in [5, 5.41) is 1.13. The number of hydrogen-bond donors (Lipinski definition) is 0. The number of likely N-dealkylation sites (N-methyl/N-ethyl adjacent to an activating group) is 1. The zero-order chi connectivity index (χ0) is 22.3. The van der Waals surface area contributed by atoms with Crippen LogP contribution >= 0.6 is 11.3 Å². The average Bonchev–Trinajstić information content (AvgIpc) is 3.09. The van der Waals surface area contributed by atoms with Crippen molar-refractivity contribution in [2.24, 2.45) is 5.92 Å². The minimum absolute atomic E-state index is 0.281. The normalized spacial score (nSPS) is 20.9. The van der Waals surface area contributed by atoms with E-state index in [0.29, 0.717) is 12.5 Å². The first-order chi connectivity index (χ1) is 14.6. The fourth-order valence-corrected chi connectivity index (χ4v) is 5.37. The highest BCUT2D eigenvalue weighted by Gasteiger charge is 2.29. The smallest absolute Gasteiger partial charge is 0.414 e. The lowest BCUT2D eigenvalue weighted by Gasteiger charge is -2.33. The Labute approximate surface area is 189 Å². The van der Waals surface area contributed by atoms with E-state index in [4.69, 9.17) is 9.72 Å². The van der Waals surface area contributed by atoms with Crippen molar-refractivity contribution in [2.75, 3.05) is 26.7 Å². The molecule has 0 N–H and O–H groups in total. The van der Waals surface area contributed by atoms with Crippen molar-refractivity contribution >= 4 is 38.9 Å². The zero-order valence-electron chi connectivity index (χ0n) is 19.5. The van der Waals surface area contributed by atoms with E-state index < -0.39 is 5.60 Å². The summed E-state index contributed by atoms with van der Waals surface area (Å²) in [7, 11) is 2.17. The first-order valence-electron chi connectivity index (χ1n) is 11.1. The van der Waals surface area contributed by atoms with Gasteiger partial charge < -0.3 is 9.64 Å². The van der Waals surface area contributed by atoms with Crippen molar-refractivity contribution in [1.82, 2.24) is 14.8 Å². The third kappa shape index (κ3) is 4.85. The molecule has 4 rings (SSSR count). The molecule has 0 saturated heterocycles. The van der Waals surface area contributed by atoms with Gasteiger partial charge in [0.25, 0.3) is 0 Å². The molecule has 0 radical (unpaired) electrons. The van der Waals surface area contributed by atoms with Crippen LogP contribution in [0.2, 0.25) is 0 Å². The monoisotopic (exact) mass is 439 g/mol. The molecule has 5 nitrogen and oxygen atoms in total. The Bertz CT molecular complexity index is 1060. The number of nitrogens with zero attached hydrogens (tertiary/aromatic N) is 3. The van der Waals surface area contributed by atoms with E-state index in [9.17, 15) is 4.79 Å². The molecule has 1 atom stereocenters. The van der Waals surface area contributed by atoms with Crippen LogP contribution in [0.1, 0.15) is 58.0 Å². The maximum absolute atomic E-state index is 12.9. The highest BCUT2D eigenvalue weighted by atomic mass is 32.1. The highest BCUT2D eigenvalue weighted by Crippen LogP contribution is 2.35. The van der Waals surface area contributed by atoms with Gasteiger partial charge in [-0.05, 0) is 71.2 Å². The van der Waals surface area contributed by atoms with Crippen LogP contribution in [0.5, 0.6) is 0 Å². The van der Waals surface area contributed by atoms with Crippen molar-refractivity contribution in [3.8, 4) is 0 Å². The Morgan fingerprint density at radius 1 is 1.29 bits per heavy atom. The number of benzene rings is 1. The van der Waals surface area contributed by atoms with Gasteiger partial charge in [-0.1, -0.05) is 24.6 Å². The lowest BCUT2D eigenvalue weighted by atomic mass is 9.98. The van der Waals surface area contributed by atoms with Crippen molar-refractivity contribution < 1.29 is 9.53 Å². The molecule has 2 aromatic rings. The maximum Gasteiger partial charge on any atom is 0.414 e. The number of ether oxygens (including phenoxy) is 1. The molecule has 31 heavy (non-hydrogen) atoms. The van der Waals surface area contributed by atoms with Gasteiger partial charge in [-0.15, -0.1) is 11.3 Å². The Morgan fingerprint density at radius 3 is 2.77 bits per heavy atom. The lowest BCUT2D eigenvalue weighted by Crippen LogP contribution is -2.39. The molecular weight excluding hydrogens is 406 g/mol. The molecule has 0 bridgehead atoms. The van der Waals surface area contributed by atoms with E-state index >= 15 is 0 Å². The summed E-state index contributed by atoms with van der Waals surface area (Å²) in [6, 6.07) is 6.38. The van der Waals surface area contributed by atoms with Gasteiger partial charge in [-0.25, -0.2) is 9.78 Å². The number of amides is 1. The van der Waals surface area contributed by atoms with Gasteiger partial charge in [-0.2, -0.15) is 0 Å². The predicted molar refractivity (Wildman–Crippen MR) is 129 cm³/mol. The quantitative estimate of drug-likeness (QED) is 0.574. The fraction of sp³-hybridized carbons (Fsp3) is 0.520. The number of thiazole rings is 1. The van der Waals surface area contributed by atoms with Crippen LogP contribution in [0.15, 0.2) is 29.8 Å². The molecule has 3 heterocycles. The van der Waals surface area contributed by atoms with E-state index in [0.717, 1.165) is 47.7 Å². The van der Waals surface area contributed by atoms with Crippen molar-refractivity contribution in [1.29, 1.82) is 0 Å². The molecule has 166 valence electrons. The standard InChI is InChI=1S/C25H33N3O2S/c1-16-7-9-21(28(14-16)24(29)30-25(3,4)5)18-8-10-22-20(13-18)26-23(31-22)19-11-12-27(6)15-17(19)2/h8-10,13,16H,7,11-12,14-15H2,1-6H3. The third-order valence-corrected chi connectivity index (χ3v) is 6.92. The summed E-state index contributed by atoms with van der Waals surface area (Å²) in [5.41, 5.74) is 5.24. The number of allylic oxidation sites excluding steroid dienone is 1. The summed E-state index contributed by atoms with van der Waals surface area (Å²) in [6.45, 7) is 12.9. The number of fused-ring (bicyclic) bond motifs is 1. The number of aromatic nitrogens is 1. The molecule has 6 heteroatoms. The molecule has 2 aliphatic heterocycles. The van der Waals surface area contributed by atoms with Gasteiger partial charge in [0.2, 0.25) is 0 Å². The third-order valence-electron chi connectivity index (χ3n) is 5.82. The van der Waals surface area contributed by atoms with Crippen molar-refractivity contribution in [3.05, 3.63) is 40.4 Å². The van der Waals surface area contributed by atoms with Crippen LogP contribution in [-0.4, -0.2) is 53.2 Å². The first kappa shape index (κ1) is 22.0. The second kappa shape index (κ2) is 8.40. The second-order valence-electron chi connectivity index (χ2n) is 9.97. The van der Waals surface area contributed by atoms with Crippen LogP contribution < -0.4 is 0 Å². The summed E-state index contributed by atoms with van der Waals surface area (Å²) in [6.07, 6.45) is 3.88. The van der Waals surface area contributed by atoms with E-state index in [2.05, 4.69) is 50.1 Å². The molecule has 1 amide bonds. The number of rotatable bonds is 2. The molecule has 1 aromatic carbocycles. The van der Waals surface area contributed by atoms with E-state index in [1.165, 1.54) is 15.8 Å². The van der Waals surface area contributed by atoms with Crippen molar-refractivity contribution in [2.45, 2.75) is 53.1 Å². The van der Waals surface area contributed by atoms with Gasteiger partial charge in [0, 0.05) is 25.2 Å². The summed E-state index contributed by atoms with van der Waals surface area (Å²) in [5.74, 6) is 0.408. The van der Waals surface area contributed by atoms with Crippen molar-refractivity contribution in [3.63, 3.8) is 0 Å². The van der Waals surface area contributed by atoms with Crippen LogP contribution in [0, 0.1) is 5.92 Å². The predicted octanol–water partition coefficient (Wildman–Crippen LogP) is 6.02. The molecule has 2 aliphatic rings. The molecule has 0 fully saturated rings. The first-order valence-corrected chi connectivity index (χ1v) is 11.9. The summed E-state index contributed by atoms with van der Waals surface area (Å²) >= 11 is 1.77. The SMILES string of the molecule is CC1=C(c2nc3cc(C4=CCC(C)CN4C(=O)OC(C)(C)C)ccc3s2)CCN(C)C1. The highest BCUT2D eigenvalue weighted by molar-refractivity contribution is 7.19. The van der Waals surface area contributed by atoms with E-state index in [1.54, 1.807) is 16.2 Å². The van der Waals surface area contributed by atoms with E-state index in [-0.39, 0.29) is 6.09 Å². The molecule has 1 aromatic heterocycles. The zero-order valence-corrected chi connectivity index (χ0v) is 20.3. The van der Waals surface area contributed by atoms with Crippen LogP contribution in [0.4, 0.5) is 4.79 Å².